The Bertz CT molecular complexity index is 378. The Morgan fingerprint density at radius 2 is 1.85 bits per heavy atom. The van der Waals surface area contributed by atoms with Crippen LogP contribution in [-0.4, -0.2) is 0 Å². The molecule has 0 bridgehead atoms. The van der Waals surface area contributed by atoms with E-state index in [-0.39, 0.29) is 0 Å². The van der Waals surface area contributed by atoms with Crippen molar-refractivity contribution in [1.82, 2.24) is 0 Å². The molecule has 1 aromatic carbocycles. The highest BCUT2D eigenvalue weighted by Gasteiger charge is 2.03. The van der Waals surface area contributed by atoms with E-state index in [1.807, 2.05) is 18.2 Å². The molecule has 0 atom stereocenters. The summed E-state index contributed by atoms with van der Waals surface area (Å²) in [5, 5.41) is 2.09. The van der Waals surface area contributed by atoms with Gasteiger partial charge in [-0.15, -0.1) is 11.3 Å². The van der Waals surface area contributed by atoms with Gasteiger partial charge in [-0.05, 0) is 22.6 Å². The fraction of sp³-hybridized carbons (Fsp3) is 0.0909. The van der Waals surface area contributed by atoms with E-state index in [0.717, 1.165) is 0 Å². The Morgan fingerprint density at radius 3 is 2.54 bits per heavy atom. The lowest BCUT2D eigenvalue weighted by Crippen LogP contribution is -1.94. The summed E-state index contributed by atoms with van der Waals surface area (Å²) in [7, 11) is 0. The molecule has 0 amide bonds. The van der Waals surface area contributed by atoms with Crippen LogP contribution in [0.15, 0.2) is 41.8 Å². The minimum atomic E-state index is 0.627. The van der Waals surface area contributed by atoms with Crippen LogP contribution >= 0.6 is 11.3 Å². The first-order valence-corrected chi connectivity index (χ1v) is 5.11. The standard InChI is InChI=1S/C11H11NS/c12-8-11-10(6-7-13-11)9-4-2-1-3-5-9/h1-7H,8,12H2. The Hall–Kier alpha value is -1.12. The van der Waals surface area contributed by atoms with Crippen LogP contribution in [0.5, 0.6) is 0 Å². The first-order chi connectivity index (χ1) is 6.42. The molecule has 2 aromatic rings. The molecule has 0 saturated carbocycles. The number of hydrogen-bond donors (Lipinski definition) is 1. The van der Waals surface area contributed by atoms with Crippen LogP contribution in [0.3, 0.4) is 0 Å². The zero-order chi connectivity index (χ0) is 9.10. The lowest BCUT2D eigenvalue weighted by molar-refractivity contribution is 1.11. The monoisotopic (exact) mass is 189 g/mol. The van der Waals surface area contributed by atoms with Gasteiger partial charge in [-0.2, -0.15) is 0 Å². The van der Waals surface area contributed by atoms with Gasteiger partial charge in [0.15, 0.2) is 0 Å². The third kappa shape index (κ3) is 1.64. The molecule has 0 radical (unpaired) electrons. The van der Waals surface area contributed by atoms with Gasteiger partial charge in [0.05, 0.1) is 0 Å². The summed E-state index contributed by atoms with van der Waals surface area (Å²) >= 11 is 1.72. The van der Waals surface area contributed by atoms with E-state index in [1.54, 1.807) is 11.3 Å². The molecule has 1 nitrogen and oxygen atoms in total. The van der Waals surface area contributed by atoms with Gasteiger partial charge in [0.2, 0.25) is 0 Å². The second kappa shape index (κ2) is 3.73. The minimum Gasteiger partial charge on any atom is -0.326 e. The predicted octanol–water partition coefficient (Wildman–Crippen LogP) is 2.87. The first kappa shape index (κ1) is 8.48. The molecule has 1 aromatic heterocycles. The summed E-state index contributed by atoms with van der Waals surface area (Å²) in [4.78, 5) is 1.26. The molecule has 13 heavy (non-hydrogen) atoms. The van der Waals surface area contributed by atoms with Gasteiger partial charge in [-0.3, -0.25) is 0 Å². The molecule has 66 valence electrons. The summed E-state index contributed by atoms with van der Waals surface area (Å²) < 4.78 is 0. The van der Waals surface area contributed by atoms with Crippen molar-refractivity contribution in [3.8, 4) is 11.1 Å². The molecular formula is C11H11NS. The second-order valence-corrected chi connectivity index (χ2v) is 3.83. The molecule has 0 saturated heterocycles. The molecule has 2 heteroatoms. The van der Waals surface area contributed by atoms with Gasteiger partial charge < -0.3 is 5.73 Å². The van der Waals surface area contributed by atoms with Crippen molar-refractivity contribution in [3.63, 3.8) is 0 Å². The number of benzene rings is 1. The maximum atomic E-state index is 5.64. The molecule has 0 fully saturated rings. The predicted molar refractivity (Wildman–Crippen MR) is 57.6 cm³/mol. The van der Waals surface area contributed by atoms with Crippen LogP contribution < -0.4 is 5.73 Å². The number of thiophene rings is 1. The summed E-state index contributed by atoms with van der Waals surface area (Å²) in [6, 6.07) is 12.5. The smallest absolute Gasteiger partial charge is 0.0280 e. The fourth-order valence-electron chi connectivity index (χ4n) is 1.37. The van der Waals surface area contributed by atoms with E-state index >= 15 is 0 Å². The highest BCUT2D eigenvalue weighted by atomic mass is 32.1. The average molecular weight is 189 g/mol. The SMILES string of the molecule is NCc1sccc1-c1ccccc1. The topological polar surface area (TPSA) is 26.0 Å². The Balaban J connectivity index is 2.47. The summed E-state index contributed by atoms with van der Waals surface area (Å²) in [5.74, 6) is 0. The average Bonchev–Trinajstić information content (AvgIpc) is 2.67. The number of rotatable bonds is 2. The molecule has 0 aliphatic heterocycles. The van der Waals surface area contributed by atoms with E-state index in [2.05, 4.69) is 23.6 Å². The van der Waals surface area contributed by atoms with Crippen molar-refractivity contribution < 1.29 is 0 Å². The van der Waals surface area contributed by atoms with Crippen molar-refractivity contribution in [2.24, 2.45) is 5.73 Å². The summed E-state index contributed by atoms with van der Waals surface area (Å²) in [6.45, 7) is 0.627. The quantitative estimate of drug-likeness (QED) is 0.772. The van der Waals surface area contributed by atoms with Crippen LogP contribution in [0.4, 0.5) is 0 Å². The minimum absolute atomic E-state index is 0.627. The third-order valence-corrected chi connectivity index (χ3v) is 2.96. The van der Waals surface area contributed by atoms with Crippen molar-refractivity contribution >= 4 is 11.3 Å². The molecular weight excluding hydrogens is 178 g/mol. The van der Waals surface area contributed by atoms with E-state index in [0.29, 0.717) is 6.54 Å². The highest BCUT2D eigenvalue weighted by molar-refractivity contribution is 7.10. The fourth-order valence-corrected chi connectivity index (χ4v) is 2.15. The normalized spacial score (nSPS) is 10.2. The van der Waals surface area contributed by atoms with Gasteiger partial charge in [0, 0.05) is 11.4 Å². The molecule has 2 rings (SSSR count). The van der Waals surface area contributed by atoms with Crippen LogP contribution in [0.25, 0.3) is 11.1 Å². The van der Waals surface area contributed by atoms with E-state index in [9.17, 15) is 0 Å². The van der Waals surface area contributed by atoms with Crippen molar-refractivity contribution in [2.45, 2.75) is 6.54 Å². The summed E-state index contributed by atoms with van der Waals surface area (Å²) in [6.07, 6.45) is 0. The molecule has 0 spiro atoms. The maximum absolute atomic E-state index is 5.64. The Morgan fingerprint density at radius 1 is 1.08 bits per heavy atom. The largest absolute Gasteiger partial charge is 0.326 e. The van der Waals surface area contributed by atoms with Gasteiger partial charge in [0.25, 0.3) is 0 Å². The Labute approximate surface area is 81.8 Å². The van der Waals surface area contributed by atoms with Crippen molar-refractivity contribution in [3.05, 3.63) is 46.7 Å². The summed E-state index contributed by atoms with van der Waals surface area (Å²) in [5.41, 5.74) is 8.17. The molecule has 0 aliphatic carbocycles. The van der Waals surface area contributed by atoms with Crippen LogP contribution in [0.1, 0.15) is 4.88 Å². The zero-order valence-electron chi connectivity index (χ0n) is 7.23. The van der Waals surface area contributed by atoms with Crippen molar-refractivity contribution in [1.29, 1.82) is 0 Å². The molecule has 0 aliphatic rings. The molecule has 1 heterocycles. The lowest BCUT2D eigenvalue weighted by Gasteiger charge is -2.00. The van der Waals surface area contributed by atoms with Gasteiger partial charge >= 0.3 is 0 Å². The number of nitrogens with two attached hydrogens (primary N) is 1. The molecule has 0 unspecified atom stereocenters. The Kier molecular flexibility index (Phi) is 2.43. The molecule has 2 N–H and O–H groups in total. The highest BCUT2D eigenvalue weighted by Crippen LogP contribution is 2.27. The first-order valence-electron chi connectivity index (χ1n) is 4.23. The number of hydrogen-bond acceptors (Lipinski definition) is 2. The van der Waals surface area contributed by atoms with Crippen LogP contribution in [0.2, 0.25) is 0 Å². The van der Waals surface area contributed by atoms with E-state index < -0.39 is 0 Å². The van der Waals surface area contributed by atoms with E-state index in [4.69, 9.17) is 5.73 Å². The van der Waals surface area contributed by atoms with Crippen molar-refractivity contribution in [2.75, 3.05) is 0 Å². The van der Waals surface area contributed by atoms with Gasteiger partial charge in [-0.25, -0.2) is 0 Å². The van der Waals surface area contributed by atoms with Crippen LogP contribution in [0, 0.1) is 0 Å². The van der Waals surface area contributed by atoms with Gasteiger partial charge in [-0.1, -0.05) is 30.3 Å². The second-order valence-electron chi connectivity index (χ2n) is 2.83. The third-order valence-electron chi connectivity index (χ3n) is 2.02. The van der Waals surface area contributed by atoms with Crippen LogP contribution in [-0.2, 0) is 6.54 Å². The zero-order valence-corrected chi connectivity index (χ0v) is 8.05. The van der Waals surface area contributed by atoms with E-state index in [1.165, 1.54) is 16.0 Å². The maximum Gasteiger partial charge on any atom is 0.0280 e. The van der Waals surface area contributed by atoms with Gasteiger partial charge in [0.1, 0.15) is 0 Å². The lowest BCUT2D eigenvalue weighted by atomic mass is 10.1.